The molecule has 0 aliphatic rings. The van der Waals surface area contributed by atoms with Crippen molar-refractivity contribution in [3.8, 4) is 10.6 Å². The molecular weight excluding hydrogens is 430 g/mol. The van der Waals surface area contributed by atoms with Crippen molar-refractivity contribution in [2.24, 2.45) is 0 Å². The fraction of sp³-hybridized carbons (Fsp3) is 0.304. The second-order valence-corrected chi connectivity index (χ2v) is 10.2. The molecule has 0 atom stereocenters. The quantitative estimate of drug-likeness (QED) is 0.544. The van der Waals surface area contributed by atoms with Gasteiger partial charge < -0.3 is 5.32 Å². The molecule has 1 N–H and O–H groups in total. The highest BCUT2D eigenvalue weighted by molar-refractivity contribution is 7.89. The van der Waals surface area contributed by atoms with E-state index in [1.54, 1.807) is 37.3 Å². The van der Waals surface area contributed by atoms with Gasteiger partial charge >= 0.3 is 0 Å². The maximum atomic E-state index is 12.6. The molecule has 0 spiro atoms. The first-order chi connectivity index (χ1) is 14.8. The summed E-state index contributed by atoms with van der Waals surface area (Å²) in [4.78, 5) is 18.4. The summed E-state index contributed by atoms with van der Waals surface area (Å²) in [5, 5.41) is 3.85. The van der Waals surface area contributed by atoms with Crippen LogP contribution in [0.15, 0.2) is 53.4 Å². The molecule has 0 fully saturated rings. The molecule has 1 aromatic heterocycles. The van der Waals surface area contributed by atoms with Crippen LogP contribution in [-0.2, 0) is 16.6 Å². The molecule has 3 aromatic rings. The van der Waals surface area contributed by atoms with E-state index in [0.29, 0.717) is 25.2 Å². The fourth-order valence-corrected chi connectivity index (χ4v) is 5.82. The summed E-state index contributed by atoms with van der Waals surface area (Å²) in [6, 6.07) is 14.1. The zero-order valence-electron chi connectivity index (χ0n) is 18.2. The molecule has 0 radical (unpaired) electrons. The monoisotopic (exact) mass is 457 g/mol. The lowest BCUT2D eigenvalue weighted by Crippen LogP contribution is -2.30. The van der Waals surface area contributed by atoms with Gasteiger partial charge in [-0.25, -0.2) is 13.4 Å². The van der Waals surface area contributed by atoms with Gasteiger partial charge in [0, 0.05) is 29.1 Å². The Kier molecular flexibility index (Phi) is 7.25. The Morgan fingerprint density at radius 2 is 1.68 bits per heavy atom. The smallest absolute Gasteiger partial charge is 0.251 e. The van der Waals surface area contributed by atoms with Crippen LogP contribution in [0.25, 0.3) is 10.6 Å². The summed E-state index contributed by atoms with van der Waals surface area (Å²) in [6.07, 6.45) is 0. The van der Waals surface area contributed by atoms with Crippen LogP contribution in [0, 0.1) is 13.8 Å². The van der Waals surface area contributed by atoms with Crippen LogP contribution >= 0.6 is 11.3 Å². The average molecular weight is 458 g/mol. The third kappa shape index (κ3) is 5.03. The number of carbonyl (C=O) groups excluding carboxylic acids is 1. The number of hydrogen-bond donors (Lipinski definition) is 1. The normalized spacial score (nSPS) is 11.6. The van der Waals surface area contributed by atoms with Gasteiger partial charge in [-0.1, -0.05) is 38.1 Å². The van der Waals surface area contributed by atoms with E-state index in [-0.39, 0.29) is 10.8 Å². The molecule has 31 heavy (non-hydrogen) atoms. The van der Waals surface area contributed by atoms with Gasteiger partial charge in [0.15, 0.2) is 0 Å². The van der Waals surface area contributed by atoms with Crippen molar-refractivity contribution in [1.82, 2.24) is 14.6 Å². The Morgan fingerprint density at radius 3 is 2.29 bits per heavy atom. The van der Waals surface area contributed by atoms with Crippen LogP contribution in [0.2, 0.25) is 0 Å². The van der Waals surface area contributed by atoms with Crippen molar-refractivity contribution in [1.29, 1.82) is 0 Å². The largest absolute Gasteiger partial charge is 0.347 e. The van der Waals surface area contributed by atoms with E-state index in [0.717, 1.165) is 26.7 Å². The number of thiazole rings is 1. The summed E-state index contributed by atoms with van der Waals surface area (Å²) in [5.41, 5.74) is 3.56. The van der Waals surface area contributed by atoms with E-state index in [9.17, 15) is 13.2 Å². The number of nitrogens with zero attached hydrogens (tertiary/aromatic N) is 2. The summed E-state index contributed by atoms with van der Waals surface area (Å²) in [7, 11) is -3.54. The van der Waals surface area contributed by atoms with Crippen molar-refractivity contribution >= 4 is 27.3 Å². The molecule has 1 heterocycles. The number of amides is 1. The standard InChI is InChI=1S/C23H27N3O3S2/c1-5-26(6-2)31(28,29)19-13-11-18(12-14-19)22(27)24-15-21-17(4)25-23(30-21)20-10-8-7-9-16(20)3/h7-14H,5-6,15H2,1-4H3,(H,24,27). The number of nitrogens with one attached hydrogen (secondary N) is 1. The van der Waals surface area contributed by atoms with Crippen LogP contribution in [0.1, 0.15) is 40.3 Å². The van der Waals surface area contributed by atoms with Gasteiger partial charge in [0.05, 0.1) is 17.1 Å². The van der Waals surface area contributed by atoms with Gasteiger partial charge in [0.2, 0.25) is 10.0 Å². The van der Waals surface area contributed by atoms with Crippen LogP contribution in [0.4, 0.5) is 0 Å². The minimum atomic E-state index is -3.54. The maximum Gasteiger partial charge on any atom is 0.251 e. The van der Waals surface area contributed by atoms with Crippen LogP contribution in [-0.4, -0.2) is 36.7 Å². The van der Waals surface area contributed by atoms with E-state index < -0.39 is 10.0 Å². The SMILES string of the molecule is CCN(CC)S(=O)(=O)c1ccc(C(=O)NCc2sc(-c3ccccc3C)nc2C)cc1. The Morgan fingerprint density at radius 1 is 1.03 bits per heavy atom. The van der Waals surface area contributed by atoms with E-state index in [1.807, 2.05) is 25.1 Å². The highest BCUT2D eigenvalue weighted by Crippen LogP contribution is 2.30. The summed E-state index contributed by atoms with van der Waals surface area (Å²) >= 11 is 1.57. The molecule has 8 heteroatoms. The topological polar surface area (TPSA) is 79.4 Å². The fourth-order valence-electron chi connectivity index (χ4n) is 3.27. The Balaban J connectivity index is 1.70. The Hall–Kier alpha value is -2.55. The molecule has 3 rings (SSSR count). The molecule has 0 aliphatic heterocycles. The maximum absolute atomic E-state index is 12.6. The number of rotatable bonds is 8. The highest BCUT2D eigenvalue weighted by atomic mass is 32.2. The number of aromatic nitrogens is 1. The van der Waals surface area contributed by atoms with E-state index in [4.69, 9.17) is 0 Å². The molecule has 2 aromatic carbocycles. The van der Waals surface area contributed by atoms with E-state index in [2.05, 4.69) is 23.3 Å². The van der Waals surface area contributed by atoms with Gasteiger partial charge in [-0.05, 0) is 43.7 Å². The van der Waals surface area contributed by atoms with Gasteiger partial charge in [0.25, 0.3) is 5.91 Å². The zero-order chi connectivity index (χ0) is 22.6. The van der Waals surface area contributed by atoms with Crippen LogP contribution in [0.3, 0.4) is 0 Å². The van der Waals surface area contributed by atoms with Crippen LogP contribution < -0.4 is 5.32 Å². The molecule has 0 saturated carbocycles. The number of benzene rings is 2. The predicted octanol–water partition coefficient (Wildman–Crippen LogP) is 4.39. The van der Waals surface area contributed by atoms with Gasteiger partial charge in [-0.15, -0.1) is 11.3 Å². The van der Waals surface area contributed by atoms with Gasteiger partial charge in [0.1, 0.15) is 5.01 Å². The van der Waals surface area contributed by atoms with Crippen molar-refractivity contribution in [3.63, 3.8) is 0 Å². The zero-order valence-corrected chi connectivity index (χ0v) is 19.8. The third-order valence-corrected chi connectivity index (χ3v) is 8.39. The number of hydrogen-bond acceptors (Lipinski definition) is 5. The predicted molar refractivity (Wildman–Crippen MR) is 125 cm³/mol. The molecule has 0 unspecified atom stereocenters. The first kappa shape index (κ1) is 23.1. The molecular formula is C23H27N3O3S2. The second kappa shape index (κ2) is 9.72. The van der Waals surface area contributed by atoms with Crippen molar-refractivity contribution in [3.05, 3.63) is 70.2 Å². The minimum absolute atomic E-state index is 0.189. The van der Waals surface area contributed by atoms with E-state index >= 15 is 0 Å². The Labute approximate surface area is 188 Å². The number of carbonyl (C=O) groups is 1. The van der Waals surface area contributed by atoms with E-state index in [1.165, 1.54) is 16.4 Å². The summed E-state index contributed by atoms with van der Waals surface area (Å²) < 4.78 is 26.6. The van der Waals surface area contributed by atoms with Crippen molar-refractivity contribution < 1.29 is 13.2 Å². The highest BCUT2D eigenvalue weighted by Gasteiger charge is 2.21. The lowest BCUT2D eigenvalue weighted by Gasteiger charge is -2.18. The first-order valence-corrected chi connectivity index (χ1v) is 12.4. The first-order valence-electron chi connectivity index (χ1n) is 10.2. The average Bonchev–Trinajstić information content (AvgIpc) is 3.13. The lowest BCUT2D eigenvalue weighted by molar-refractivity contribution is 0.0951. The van der Waals surface area contributed by atoms with Crippen LogP contribution in [0.5, 0.6) is 0 Å². The molecule has 164 valence electrons. The minimum Gasteiger partial charge on any atom is -0.347 e. The van der Waals surface area contributed by atoms with Gasteiger partial charge in [-0.2, -0.15) is 4.31 Å². The Bertz CT molecular complexity index is 1170. The third-order valence-electron chi connectivity index (χ3n) is 5.14. The number of sulfonamides is 1. The molecule has 1 amide bonds. The van der Waals surface area contributed by atoms with Crippen molar-refractivity contribution in [2.75, 3.05) is 13.1 Å². The molecule has 0 bridgehead atoms. The lowest BCUT2D eigenvalue weighted by atomic mass is 10.1. The number of aryl methyl sites for hydroxylation is 2. The molecule has 0 aliphatic carbocycles. The van der Waals surface area contributed by atoms with Gasteiger partial charge in [-0.3, -0.25) is 4.79 Å². The summed E-state index contributed by atoms with van der Waals surface area (Å²) in [5.74, 6) is -0.253. The van der Waals surface area contributed by atoms with Crippen molar-refractivity contribution in [2.45, 2.75) is 39.1 Å². The summed E-state index contributed by atoms with van der Waals surface area (Å²) in [6.45, 7) is 8.76. The second-order valence-electron chi connectivity index (χ2n) is 7.14. The molecule has 0 saturated heterocycles. The molecule has 6 nitrogen and oxygen atoms in total.